The number of amides is 2. The van der Waals surface area contributed by atoms with Gasteiger partial charge in [-0.05, 0) is 12.1 Å². The molecule has 8 heteroatoms. The molecule has 3 heterocycles. The van der Waals surface area contributed by atoms with E-state index in [1.165, 1.54) is 0 Å². The molecule has 3 aromatic carbocycles. The number of aromatic amines is 1. The smallest absolute Gasteiger partial charge is 0.318 e. The van der Waals surface area contributed by atoms with Gasteiger partial charge >= 0.3 is 16.5 Å². The first-order valence-electron chi connectivity index (χ1n) is 8.55. The van der Waals surface area contributed by atoms with Crippen molar-refractivity contribution in [2.45, 2.75) is 0 Å². The highest BCUT2D eigenvalue weighted by Crippen LogP contribution is 2.45. The van der Waals surface area contributed by atoms with Gasteiger partial charge in [0.25, 0.3) is 11.8 Å². The molecule has 6 rings (SSSR count). The molecule has 0 fully saturated rings. The molecule has 4 N–H and O–H groups in total. The van der Waals surface area contributed by atoms with E-state index in [1.54, 1.807) is 39.9 Å². The quantitative estimate of drug-likeness (QED) is 0.244. The number of para-hydroxylation sites is 2. The number of nitrogens with one attached hydrogen (secondary N) is 2. The maximum absolute atomic E-state index is 12.7. The zero-order valence-corrected chi connectivity index (χ0v) is 15.4. The molecular weight excluding hydrogens is 373 g/mol. The summed E-state index contributed by atoms with van der Waals surface area (Å²) < 4.78 is 1.73. The zero-order valence-electron chi connectivity index (χ0n) is 14.2. The van der Waals surface area contributed by atoms with E-state index in [0.29, 0.717) is 43.6 Å². The summed E-state index contributed by atoms with van der Waals surface area (Å²) in [5.41, 5.74) is 2.85. The van der Waals surface area contributed by atoms with Gasteiger partial charge in [0.15, 0.2) is 0 Å². The number of carbonyl (C=O) groups excluding carboxylic acids is 2. The number of nitrogens with zero attached hydrogens (tertiary/aromatic N) is 1. The monoisotopic (exact) mass is 383 g/mol. The second-order valence-corrected chi connectivity index (χ2v) is 7.39. The Labute approximate surface area is 164 Å². The Balaban J connectivity index is 2.06. The summed E-state index contributed by atoms with van der Waals surface area (Å²) in [6.45, 7) is 0. The van der Waals surface area contributed by atoms with Crippen LogP contribution in [0.1, 0.15) is 20.7 Å². The first kappa shape index (κ1) is 15.6. The van der Waals surface area contributed by atoms with Crippen LogP contribution < -0.4 is 5.32 Å². The van der Waals surface area contributed by atoms with Gasteiger partial charge in [0.2, 0.25) is 0 Å². The van der Waals surface area contributed by atoms with Gasteiger partial charge < -0.3 is 18.7 Å². The predicted octanol–water partition coefficient (Wildman–Crippen LogP) is 2.66. The molecule has 0 saturated heterocycles. The van der Waals surface area contributed by atoms with Gasteiger partial charge in [-0.2, -0.15) is 0 Å². The van der Waals surface area contributed by atoms with Gasteiger partial charge in [0, 0.05) is 27.1 Å². The number of carbonyl (C=O) groups is 2. The third-order valence-electron chi connectivity index (χ3n) is 5.48. The molecule has 28 heavy (non-hydrogen) atoms. The SMILES string of the molecule is O=C1NC(=O)c2c1c1c3cccc(O)c3[nH]c1c1c2c2cccc(O)c2[n]1[Al]. The van der Waals surface area contributed by atoms with Crippen LogP contribution in [0.3, 0.4) is 0 Å². The van der Waals surface area contributed by atoms with Crippen LogP contribution >= 0.6 is 0 Å². The van der Waals surface area contributed by atoms with Gasteiger partial charge in [-0.15, -0.1) is 0 Å². The molecule has 2 radical (unpaired) electrons. The minimum absolute atomic E-state index is 0.0506. The Morgan fingerprint density at radius 2 is 1.43 bits per heavy atom. The van der Waals surface area contributed by atoms with E-state index in [1.807, 2.05) is 0 Å². The number of aromatic nitrogens is 2. The Hall–Kier alpha value is -3.47. The highest BCUT2D eigenvalue weighted by Gasteiger charge is 2.35. The van der Waals surface area contributed by atoms with Crippen molar-refractivity contribution in [2.75, 3.05) is 0 Å². The summed E-state index contributed by atoms with van der Waals surface area (Å²) in [4.78, 5) is 28.6. The largest absolute Gasteiger partial charge is 0.506 e. The van der Waals surface area contributed by atoms with Crippen LogP contribution in [0.25, 0.3) is 43.6 Å². The molecule has 0 bridgehead atoms. The van der Waals surface area contributed by atoms with Crippen LogP contribution in [0, 0.1) is 0 Å². The van der Waals surface area contributed by atoms with Crippen molar-refractivity contribution in [3.63, 3.8) is 0 Å². The molecule has 7 nitrogen and oxygen atoms in total. The third-order valence-corrected chi connectivity index (χ3v) is 6.00. The van der Waals surface area contributed by atoms with Crippen molar-refractivity contribution in [1.82, 2.24) is 13.9 Å². The number of rotatable bonds is 0. The van der Waals surface area contributed by atoms with Crippen LogP contribution in [-0.4, -0.2) is 47.1 Å². The van der Waals surface area contributed by atoms with E-state index in [-0.39, 0.29) is 22.6 Å². The Kier molecular flexibility index (Phi) is 2.71. The fourth-order valence-corrected chi connectivity index (χ4v) is 4.95. The predicted molar refractivity (Wildman–Crippen MR) is 105 cm³/mol. The Morgan fingerprint density at radius 1 is 0.786 bits per heavy atom. The van der Waals surface area contributed by atoms with Crippen molar-refractivity contribution >= 4 is 71.9 Å². The number of phenolic OH excluding ortho intramolecular Hbond substituents is 2. The average Bonchev–Trinajstić information content (AvgIpc) is 3.27. The standard InChI is InChI=1S/C20H11N3O4.Al/c24-9-5-1-3-7-11-13-14(20(27)23-19(13)26)12-8-4-2-6-10(25)16(8)22-18(12)17(11)21-15(7)9;/h1-6H,(H5,21,22,23,24,25,26,27);/q;+1/p-1. The van der Waals surface area contributed by atoms with Crippen LogP contribution in [0.15, 0.2) is 36.4 Å². The number of H-pyrrole nitrogens is 1. The van der Waals surface area contributed by atoms with Gasteiger partial charge in [0.1, 0.15) is 11.5 Å². The van der Waals surface area contributed by atoms with Crippen molar-refractivity contribution in [3.05, 3.63) is 47.5 Å². The van der Waals surface area contributed by atoms with Gasteiger partial charge in [-0.1, -0.05) is 24.3 Å². The lowest BCUT2D eigenvalue weighted by atomic mass is 9.96. The third kappa shape index (κ3) is 1.61. The van der Waals surface area contributed by atoms with Gasteiger partial charge in [-0.3, -0.25) is 14.9 Å². The number of benzene rings is 3. The van der Waals surface area contributed by atoms with Crippen molar-refractivity contribution < 1.29 is 19.8 Å². The average molecular weight is 383 g/mol. The zero-order chi connectivity index (χ0) is 19.3. The normalized spacial score (nSPS) is 13.9. The lowest BCUT2D eigenvalue weighted by Gasteiger charge is -2.06. The molecule has 0 saturated carbocycles. The van der Waals surface area contributed by atoms with E-state index < -0.39 is 11.8 Å². The van der Waals surface area contributed by atoms with Crippen molar-refractivity contribution in [1.29, 1.82) is 0 Å². The molecule has 1 aliphatic rings. The number of imide groups is 1. The van der Waals surface area contributed by atoms with Crippen LogP contribution in [0.4, 0.5) is 0 Å². The number of fused-ring (bicyclic) bond motifs is 10. The number of hydrogen-bond donors (Lipinski definition) is 4. The minimum atomic E-state index is -0.471. The maximum Gasteiger partial charge on any atom is 0.318 e. The summed E-state index contributed by atoms with van der Waals surface area (Å²) >= 11 is 2.56. The number of phenols is 2. The lowest BCUT2D eigenvalue weighted by Crippen LogP contribution is -2.20. The molecule has 0 atom stereocenters. The Morgan fingerprint density at radius 3 is 2.18 bits per heavy atom. The molecule has 132 valence electrons. The number of hydrogen-bond acceptors (Lipinski definition) is 4. The van der Waals surface area contributed by atoms with E-state index in [9.17, 15) is 19.8 Å². The second-order valence-electron chi connectivity index (χ2n) is 6.87. The fourth-order valence-electron chi connectivity index (χ4n) is 4.42. The van der Waals surface area contributed by atoms with Crippen molar-refractivity contribution in [2.24, 2.45) is 0 Å². The summed E-state index contributed by atoms with van der Waals surface area (Å²) in [6.07, 6.45) is 0. The lowest BCUT2D eigenvalue weighted by molar-refractivity contribution is 0.0880. The topological polar surface area (TPSA) is 107 Å². The van der Waals surface area contributed by atoms with Crippen LogP contribution in [0.2, 0.25) is 0 Å². The fraction of sp³-hybridized carbons (Fsp3) is 0. The van der Waals surface area contributed by atoms with E-state index in [2.05, 4.69) is 26.8 Å². The molecule has 0 spiro atoms. The maximum atomic E-state index is 12.7. The van der Waals surface area contributed by atoms with Crippen LogP contribution in [0.5, 0.6) is 11.5 Å². The second kappa shape index (κ2) is 4.87. The van der Waals surface area contributed by atoms with Gasteiger partial charge in [0.05, 0.1) is 27.7 Å². The molecule has 2 amide bonds. The molecule has 2 aromatic heterocycles. The first-order chi connectivity index (χ1) is 13.5. The molecule has 5 aromatic rings. The highest BCUT2D eigenvalue weighted by atomic mass is 27.1. The summed E-state index contributed by atoms with van der Waals surface area (Å²) in [5, 5.41) is 25.6. The van der Waals surface area contributed by atoms with Crippen molar-refractivity contribution in [3.8, 4) is 11.5 Å². The highest BCUT2D eigenvalue weighted by molar-refractivity contribution is 6.41. The van der Waals surface area contributed by atoms with Crippen LogP contribution in [-0.2, 0) is 0 Å². The molecule has 0 unspecified atom stereocenters. The molecule has 0 aliphatic carbocycles. The summed E-state index contributed by atoms with van der Waals surface area (Å²) in [6, 6.07) is 10.1. The minimum Gasteiger partial charge on any atom is -0.506 e. The summed E-state index contributed by atoms with van der Waals surface area (Å²) in [7, 11) is 0. The van der Waals surface area contributed by atoms with E-state index >= 15 is 0 Å². The summed E-state index contributed by atoms with van der Waals surface area (Å²) in [5.74, 6) is -0.827. The van der Waals surface area contributed by atoms with E-state index in [0.717, 1.165) is 0 Å². The molecular formula is C20H10AlN3O4. The van der Waals surface area contributed by atoms with Gasteiger partial charge in [-0.25, -0.2) is 0 Å². The number of aromatic hydroxyl groups is 2. The van der Waals surface area contributed by atoms with E-state index in [4.69, 9.17) is 0 Å². The first-order valence-corrected chi connectivity index (χ1v) is 9.07. The Bertz CT molecular complexity index is 1560. The molecule has 1 aliphatic heterocycles.